The maximum atomic E-state index is 13.3. The van der Waals surface area contributed by atoms with Crippen molar-refractivity contribution in [1.82, 2.24) is 20.1 Å². The van der Waals surface area contributed by atoms with Gasteiger partial charge in [0.15, 0.2) is 5.65 Å². The molecule has 2 aromatic rings. The Hall–Kier alpha value is -2.05. The average molecular weight is 336 g/mol. The highest BCUT2D eigenvalue weighted by Crippen LogP contribution is 2.29. The number of alkyl halides is 2. The first-order valence-corrected chi connectivity index (χ1v) is 8.38. The Balaban J connectivity index is 1.85. The standard InChI is InChI=1S/C17H22F2N4O/c1-10-8-13(16(18)19)15-11(2)22-23(17(15)20-10)9-14(24)21-12-6-4-3-5-7-12/h8,12,16H,3-7,9H2,1-2H3,(H,21,24). The van der Waals surface area contributed by atoms with Crippen LogP contribution in [0.25, 0.3) is 11.0 Å². The Morgan fingerprint density at radius 3 is 2.71 bits per heavy atom. The van der Waals surface area contributed by atoms with Gasteiger partial charge in [0, 0.05) is 17.3 Å². The van der Waals surface area contributed by atoms with E-state index < -0.39 is 6.43 Å². The van der Waals surface area contributed by atoms with Crippen LogP contribution in [0.15, 0.2) is 6.07 Å². The van der Waals surface area contributed by atoms with Crippen molar-refractivity contribution in [3.8, 4) is 0 Å². The van der Waals surface area contributed by atoms with Gasteiger partial charge in [-0.25, -0.2) is 18.4 Å². The zero-order valence-corrected chi connectivity index (χ0v) is 14.0. The Labute approximate surface area is 139 Å². The number of carbonyl (C=O) groups is 1. The van der Waals surface area contributed by atoms with Gasteiger partial charge in [-0.15, -0.1) is 0 Å². The largest absolute Gasteiger partial charge is 0.352 e. The minimum absolute atomic E-state index is 0.0000283. The van der Waals surface area contributed by atoms with Gasteiger partial charge < -0.3 is 5.32 Å². The fourth-order valence-corrected chi connectivity index (χ4v) is 3.46. The summed E-state index contributed by atoms with van der Waals surface area (Å²) in [6, 6.07) is 1.59. The molecule has 3 rings (SSSR count). The number of nitrogens with zero attached hydrogens (tertiary/aromatic N) is 3. The smallest absolute Gasteiger partial charge is 0.264 e. The highest BCUT2D eigenvalue weighted by Gasteiger charge is 2.21. The van der Waals surface area contributed by atoms with Crippen LogP contribution in [0.1, 0.15) is 55.5 Å². The van der Waals surface area contributed by atoms with Crippen LogP contribution >= 0.6 is 0 Å². The number of hydrogen-bond donors (Lipinski definition) is 1. The maximum Gasteiger partial charge on any atom is 0.264 e. The van der Waals surface area contributed by atoms with Crippen molar-refractivity contribution >= 4 is 16.9 Å². The maximum absolute atomic E-state index is 13.3. The Bertz CT molecular complexity index is 751. The summed E-state index contributed by atoms with van der Waals surface area (Å²) in [5.41, 5.74) is 1.24. The molecule has 5 nitrogen and oxygen atoms in total. The molecule has 1 N–H and O–H groups in total. The van der Waals surface area contributed by atoms with Crippen LogP contribution in [0.5, 0.6) is 0 Å². The van der Waals surface area contributed by atoms with Crippen molar-refractivity contribution in [2.45, 2.75) is 65.0 Å². The monoisotopic (exact) mass is 336 g/mol. The highest BCUT2D eigenvalue weighted by atomic mass is 19.3. The molecule has 0 spiro atoms. The van der Waals surface area contributed by atoms with E-state index in [2.05, 4.69) is 15.4 Å². The Morgan fingerprint density at radius 1 is 1.33 bits per heavy atom. The van der Waals surface area contributed by atoms with Crippen molar-refractivity contribution in [2.75, 3.05) is 0 Å². The summed E-state index contributed by atoms with van der Waals surface area (Å²) in [6.07, 6.45) is 2.88. The lowest BCUT2D eigenvalue weighted by Crippen LogP contribution is -2.38. The lowest BCUT2D eigenvalue weighted by Gasteiger charge is -2.22. The molecule has 0 bridgehead atoms. The number of fused-ring (bicyclic) bond motifs is 1. The van der Waals surface area contributed by atoms with Crippen molar-refractivity contribution in [3.05, 3.63) is 23.0 Å². The fourth-order valence-electron chi connectivity index (χ4n) is 3.46. The molecule has 0 aromatic carbocycles. The first kappa shape index (κ1) is 16.8. The average Bonchev–Trinajstić information content (AvgIpc) is 2.83. The van der Waals surface area contributed by atoms with E-state index in [-0.39, 0.29) is 24.1 Å². The second-order valence-electron chi connectivity index (χ2n) is 6.50. The number of halogens is 2. The van der Waals surface area contributed by atoms with E-state index >= 15 is 0 Å². The van der Waals surface area contributed by atoms with E-state index in [0.29, 0.717) is 22.4 Å². The molecule has 0 atom stereocenters. The second-order valence-corrected chi connectivity index (χ2v) is 6.50. The summed E-state index contributed by atoms with van der Waals surface area (Å²) >= 11 is 0. The summed E-state index contributed by atoms with van der Waals surface area (Å²) in [5.74, 6) is -0.145. The number of rotatable bonds is 4. The molecule has 1 aliphatic rings. The van der Waals surface area contributed by atoms with Crippen LogP contribution in [-0.2, 0) is 11.3 Å². The molecule has 2 aromatic heterocycles. The predicted octanol–water partition coefficient (Wildman–Crippen LogP) is 3.43. The van der Waals surface area contributed by atoms with Gasteiger partial charge in [0.1, 0.15) is 6.54 Å². The van der Waals surface area contributed by atoms with E-state index in [1.54, 1.807) is 13.8 Å². The molecule has 130 valence electrons. The van der Waals surface area contributed by atoms with Crippen LogP contribution < -0.4 is 5.32 Å². The van der Waals surface area contributed by atoms with E-state index in [0.717, 1.165) is 25.7 Å². The molecule has 0 radical (unpaired) electrons. The van der Waals surface area contributed by atoms with E-state index in [1.807, 2.05) is 0 Å². The molecule has 1 fully saturated rings. The summed E-state index contributed by atoms with van der Waals surface area (Å²) in [7, 11) is 0. The Morgan fingerprint density at radius 2 is 2.04 bits per heavy atom. The SMILES string of the molecule is Cc1cc(C(F)F)c2c(C)nn(CC(=O)NC3CCCCC3)c2n1. The van der Waals surface area contributed by atoms with Gasteiger partial charge in [-0.2, -0.15) is 5.10 Å². The zero-order chi connectivity index (χ0) is 17.3. The summed E-state index contributed by atoms with van der Waals surface area (Å²) in [5, 5.41) is 7.63. The van der Waals surface area contributed by atoms with Crippen molar-refractivity contribution in [3.63, 3.8) is 0 Å². The molecule has 1 saturated carbocycles. The third-order valence-electron chi connectivity index (χ3n) is 4.53. The molecule has 0 unspecified atom stereocenters. The van der Waals surface area contributed by atoms with Crippen LogP contribution in [0.3, 0.4) is 0 Å². The number of pyridine rings is 1. The highest BCUT2D eigenvalue weighted by molar-refractivity contribution is 5.84. The quantitative estimate of drug-likeness (QED) is 0.930. The van der Waals surface area contributed by atoms with E-state index in [1.165, 1.54) is 17.2 Å². The van der Waals surface area contributed by atoms with Crippen molar-refractivity contribution in [1.29, 1.82) is 0 Å². The lowest BCUT2D eigenvalue weighted by atomic mass is 9.95. The topological polar surface area (TPSA) is 59.8 Å². The van der Waals surface area contributed by atoms with Crippen LogP contribution in [-0.4, -0.2) is 26.7 Å². The van der Waals surface area contributed by atoms with Gasteiger partial charge in [0.05, 0.1) is 11.1 Å². The predicted molar refractivity (Wildman–Crippen MR) is 87.0 cm³/mol. The number of nitrogens with one attached hydrogen (secondary N) is 1. The van der Waals surface area contributed by atoms with Crippen molar-refractivity contribution < 1.29 is 13.6 Å². The van der Waals surface area contributed by atoms with Crippen LogP contribution in [0.4, 0.5) is 8.78 Å². The molecule has 0 aliphatic heterocycles. The normalized spacial score (nSPS) is 16.0. The van der Waals surface area contributed by atoms with E-state index in [9.17, 15) is 13.6 Å². The molecular weight excluding hydrogens is 314 g/mol. The molecule has 1 aliphatic carbocycles. The summed E-state index contributed by atoms with van der Waals surface area (Å²) in [6.45, 7) is 3.33. The van der Waals surface area contributed by atoms with Gasteiger partial charge in [-0.05, 0) is 32.8 Å². The fraction of sp³-hybridized carbons (Fsp3) is 0.588. The molecule has 2 heterocycles. The van der Waals surface area contributed by atoms with Gasteiger partial charge in [0.25, 0.3) is 6.43 Å². The zero-order valence-electron chi connectivity index (χ0n) is 14.0. The number of aryl methyl sites for hydroxylation is 2. The Kier molecular flexibility index (Phi) is 4.78. The third-order valence-corrected chi connectivity index (χ3v) is 4.53. The first-order valence-electron chi connectivity index (χ1n) is 8.38. The second kappa shape index (κ2) is 6.83. The molecular formula is C17H22F2N4O. The molecule has 7 heteroatoms. The minimum atomic E-state index is -2.60. The van der Waals surface area contributed by atoms with Crippen LogP contribution in [0, 0.1) is 13.8 Å². The molecule has 24 heavy (non-hydrogen) atoms. The third kappa shape index (κ3) is 3.39. The van der Waals surface area contributed by atoms with Gasteiger partial charge >= 0.3 is 0 Å². The lowest BCUT2D eigenvalue weighted by molar-refractivity contribution is -0.122. The number of amides is 1. The van der Waals surface area contributed by atoms with Gasteiger partial charge in [0.2, 0.25) is 5.91 Å². The van der Waals surface area contributed by atoms with Crippen LogP contribution in [0.2, 0.25) is 0 Å². The number of aromatic nitrogens is 3. The van der Waals surface area contributed by atoms with Gasteiger partial charge in [-0.1, -0.05) is 19.3 Å². The van der Waals surface area contributed by atoms with Gasteiger partial charge in [-0.3, -0.25) is 4.79 Å². The number of hydrogen-bond acceptors (Lipinski definition) is 3. The number of carbonyl (C=O) groups excluding carboxylic acids is 1. The summed E-state index contributed by atoms with van der Waals surface area (Å²) in [4.78, 5) is 16.6. The van der Waals surface area contributed by atoms with E-state index in [4.69, 9.17) is 0 Å². The minimum Gasteiger partial charge on any atom is -0.352 e. The summed E-state index contributed by atoms with van der Waals surface area (Å²) < 4.78 is 28.0. The molecule has 0 saturated heterocycles. The first-order chi connectivity index (χ1) is 11.5. The van der Waals surface area contributed by atoms with Crippen molar-refractivity contribution in [2.24, 2.45) is 0 Å². The molecule has 1 amide bonds.